The number of furan rings is 1. The molecule has 0 aliphatic heterocycles. The van der Waals surface area contributed by atoms with Crippen molar-refractivity contribution in [3.63, 3.8) is 0 Å². The molecule has 1 nitrogen and oxygen atoms in total. The van der Waals surface area contributed by atoms with Gasteiger partial charge in [0.05, 0.1) is 11.3 Å². The van der Waals surface area contributed by atoms with Gasteiger partial charge in [-0.05, 0) is 18.2 Å². The summed E-state index contributed by atoms with van der Waals surface area (Å²) in [6.45, 7) is 0. The Morgan fingerprint density at radius 3 is 3.10 bits per heavy atom. The van der Waals surface area contributed by atoms with Crippen molar-refractivity contribution in [2.45, 2.75) is 0 Å². The highest BCUT2D eigenvalue weighted by atomic mass is 35.5. The summed E-state index contributed by atoms with van der Waals surface area (Å²) in [6, 6.07) is 8.27. The van der Waals surface area contributed by atoms with Crippen LogP contribution in [-0.2, 0) is 0 Å². The lowest BCUT2D eigenvalue weighted by Crippen LogP contribution is -1.64. The van der Waals surface area contributed by atoms with Crippen LogP contribution >= 0.6 is 11.6 Å². The van der Waals surface area contributed by atoms with Crippen LogP contribution in [0.15, 0.2) is 28.9 Å². The van der Waals surface area contributed by atoms with E-state index in [4.69, 9.17) is 16.0 Å². The molecular weight excluding hydrogens is 148 g/mol. The fraction of sp³-hybridized carbons (Fsp3) is 0. The molecule has 1 heterocycles. The maximum absolute atomic E-state index is 5.78. The summed E-state index contributed by atoms with van der Waals surface area (Å²) in [4.78, 5) is 0. The van der Waals surface area contributed by atoms with Gasteiger partial charge in [0.25, 0.3) is 0 Å². The van der Waals surface area contributed by atoms with E-state index in [1.54, 1.807) is 12.3 Å². The first kappa shape index (κ1) is 5.81. The van der Waals surface area contributed by atoms with Crippen LogP contribution in [-0.4, -0.2) is 0 Å². The third-order valence-corrected chi connectivity index (χ3v) is 1.69. The predicted molar refractivity (Wildman–Crippen MR) is 40.1 cm³/mol. The topological polar surface area (TPSA) is 13.1 Å². The molecule has 10 heavy (non-hydrogen) atoms. The first-order chi connectivity index (χ1) is 4.88. The number of hydrogen-bond donors (Lipinski definition) is 0. The van der Waals surface area contributed by atoms with Gasteiger partial charge in [0.15, 0.2) is 0 Å². The van der Waals surface area contributed by atoms with Crippen LogP contribution in [0.5, 0.6) is 0 Å². The second-order valence-corrected chi connectivity index (χ2v) is 2.37. The zero-order valence-electron chi connectivity index (χ0n) is 5.10. The normalized spacial score (nSPS) is 10.5. The number of rotatable bonds is 0. The van der Waals surface area contributed by atoms with Crippen molar-refractivity contribution in [2.75, 3.05) is 0 Å². The zero-order chi connectivity index (χ0) is 6.97. The minimum atomic E-state index is 0.617. The Morgan fingerprint density at radius 2 is 2.30 bits per heavy atom. The third kappa shape index (κ3) is 0.711. The van der Waals surface area contributed by atoms with Crippen molar-refractivity contribution in [1.29, 1.82) is 0 Å². The largest absolute Gasteiger partial charge is 0.464 e. The molecule has 0 saturated heterocycles. The number of halogens is 1. The fourth-order valence-electron chi connectivity index (χ4n) is 0.900. The smallest absolute Gasteiger partial charge is 0.135 e. The minimum Gasteiger partial charge on any atom is -0.464 e. The first-order valence-corrected chi connectivity index (χ1v) is 3.29. The lowest BCUT2D eigenvalue weighted by molar-refractivity contribution is 0.616. The second-order valence-electron chi connectivity index (χ2n) is 1.99. The molecule has 49 valence electrons. The fourth-order valence-corrected chi connectivity index (χ4v) is 1.12. The van der Waals surface area contributed by atoms with E-state index in [0.29, 0.717) is 5.02 Å². The quantitative estimate of drug-likeness (QED) is 0.564. The van der Waals surface area contributed by atoms with Crippen molar-refractivity contribution in [3.8, 4) is 0 Å². The molecule has 1 aromatic heterocycles. The van der Waals surface area contributed by atoms with Crippen molar-refractivity contribution >= 4 is 22.6 Å². The summed E-state index contributed by atoms with van der Waals surface area (Å²) in [6.07, 6.45) is 1.62. The molecule has 0 saturated carbocycles. The van der Waals surface area contributed by atoms with Crippen LogP contribution < -0.4 is 0 Å². The molecular formula is C8H4ClO. The van der Waals surface area contributed by atoms with Crippen LogP contribution in [0.4, 0.5) is 0 Å². The maximum Gasteiger partial charge on any atom is 0.135 e. The van der Waals surface area contributed by atoms with Gasteiger partial charge in [-0.25, -0.2) is 0 Å². The highest BCUT2D eigenvalue weighted by Crippen LogP contribution is 2.22. The molecule has 0 spiro atoms. The van der Waals surface area contributed by atoms with Crippen LogP contribution in [0.25, 0.3) is 11.0 Å². The summed E-state index contributed by atoms with van der Waals surface area (Å²) in [5, 5.41) is 1.54. The van der Waals surface area contributed by atoms with Gasteiger partial charge in [-0.2, -0.15) is 0 Å². The number of fused-ring (bicyclic) bond motifs is 1. The van der Waals surface area contributed by atoms with E-state index in [1.165, 1.54) is 0 Å². The molecule has 0 N–H and O–H groups in total. The predicted octanol–water partition coefficient (Wildman–Crippen LogP) is 2.89. The summed E-state index contributed by atoms with van der Waals surface area (Å²) in [7, 11) is 0. The van der Waals surface area contributed by atoms with E-state index in [1.807, 2.05) is 12.1 Å². The Balaban J connectivity index is 2.95. The van der Waals surface area contributed by atoms with Gasteiger partial charge in [0, 0.05) is 11.5 Å². The lowest BCUT2D eigenvalue weighted by Gasteiger charge is -1.87. The van der Waals surface area contributed by atoms with Crippen LogP contribution in [0.1, 0.15) is 0 Å². The van der Waals surface area contributed by atoms with Gasteiger partial charge in [-0.1, -0.05) is 11.6 Å². The monoisotopic (exact) mass is 151 g/mol. The highest BCUT2D eigenvalue weighted by Gasteiger charge is 1.98. The van der Waals surface area contributed by atoms with Gasteiger partial charge in [0.1, 0.15) is 5.58 Å². The zero-order valence-corrected chi connectivity index (χ0v) is 5.85. The number of benzene rings is 1. The molecule has 0 atom stereocenters. The van der Waals surface area contributed by atoms with Crippen LogP contribution in [0.3, 0.4) is 0 Å². The van der Waals surface area contributed by atoms with E-state index in [0.717, 1.165) is 11.0 Å². The molecule has 0 bridgehead atoms. The molecule has 2 heteroatoms. The van der Waals surface area contributed by atoms with Gasteiger partial charge in [-0.15, -0.1) is 0 Å². The van der Waals surface area contributed by atoms with Crippen LogP contribution in [0.2, 0.25) is 5.02 Å². The van der Waals surface area contributed by atoms with Gasteiger partial charge < -0.3 is 4.42 Å². The summed E-state index contributed by atoms with van der Waals surface area (Å²) >= 11 is 5.78. The molecule has 0 aliphatic rings. The van der Waals surface area contributed by atoms with Crippen molar-refractivity contribution in [3.05, 3.63) is 35.6 Å². The molecule has 2 aromatic rings. The molecule has 1 radical (unpaired) electrons. The van der Waals surface area contributed by atoms with Gasteiger partial charge in [0.2, 0.25) is 0 Å². The van der Waals surface area contributed by atoms with Crippen molar-refractivity contribution in [2.24, 2.45) is 0 Å². The lowest BCUT2D eigenvalue weighted by atomic mass is 10.3. The minimum absolute atomic E-state index is 0.617. The molecule has 0 amide bonds. The Labute approximate surface area is 63.2 Å². The average molecular weight is 152 g/mol. The van der Waals surface area contributed by atoms with Crippen molar-refractivity contribution in [1.82, 2.24) is 0 Å². The molecule has 0 unspecified atom stereocenters. The van der Waals surface area contributed by atoms with Gasteiger partial charge in [-0.3, -0.25) is 0 Å². The third-order valence-electron chi connectivity index (χ3n) is 1.38. The van der Waals surface area contributed by atoms with Crippen molar-refractivity contribution < 1.29 is 4.42 Å². The van der Waals surface area contributed by atoms with E-state index < -0.39 is 0 Å². The summed E-state index contributed by atoms with van der Waals surface area (Å²) in [5.74, 6) is 0. The molecule has 0 fully saturated rings. The van der Waals surface area contributed by atoms with Gasteiger partial charge >= 0.3 is 0 Å². The summed E-state index contributed by atoms with van der Waals surface area (Å²) in [5.41, 5.74) is 0.809. The van der Waals surface area contributed by atoms with E-state index >= 15 is 0 Å². The molecule has 0 aliphatic carbocycles. The first-order valence-electron chi connectivity index (χ1n) is 2.91. The maximum atomic E-state index is 5.78. The number of hydrogen-bond acceptors (Lipinski definition) is 1. The summed E-state index contributed by atoms with van der Waals surface area (Å²) < 4.78 is 5.09. The standard InChI is InChI=1S/C8H4ClO/c9-7-2-1-3-8-6(7)4-5-10-8/h1,3-5H. The second kappa shape index (κ2) is 2.03. The Morgan fingerprint density at radius 1 is 1.40 bits per heavy atom. The Bertz CT molecular complexity index is 351. The van der Waals surface area contributed by atoms with E-state index in [2.05, 4.69) is 6.07 Å². The molecule has 1 aromatic carbocycles. The van der Waals surface area contributed by atoms with E-state index in [9.17, 15) is 0 Å². The Kier molecular flexibility index (Phi) is 1.18. The van der Waals surface area contributed by atoms with Crippen LogP contribution in [0, 0.1) is 6.07 Å². The Hall–Kier alpha value is -0.950. The highest BCUT2D eigenvalue weighted by molar-refractivity contribution is 6.35. The average Bonchev–Trinajstić information content (AvgIpc) is 2.36. The molecule has 2 rings (SSSR count). The van der Waals surface area contributed by atoms with E-state index in [-0.39, 0.29) is 0 Å². The SMILES string of the molecule is Clc1[c]ccc2occc12.